The molecule has 0 saturated heterocycles. The zero-order valence-corrected chi connectivity index (χ0v) is 22.2. The largest absolute Gasteiger partial charge is 0.497 e. The second-order valence-corrected chi connectivity index (χ2v) is 9.14. The van der Waals surface area contributed by atoms with Crippen molar-refractivity contribution in [2.24, 2.45) is 10.7 Å². The lowest BCUT2D eigenvalue weighted by molar-refractivity contribution is 0.0948. The molecule has 1 aliphatic heterocycles. The molecule has 2 heterocycles. The van der Waals surface area contributed by atoms with Crippen LogP contribution in [0.1, 0.15) is 35.3 Å². The first-order chi connectivity index (χ1) is 18.5. The molecule has 2 aromatic rings. The van der Waals surface area contributed by atoms with Crippen molar-refractivity contribution < 1.29 is 19.4 Å². The van der Waals surface area contributed by atoms with Gasteiger partial charge in [-0.1, -0.05) is 6.08 Å². The molecule has 1 amide bonds. The summed E-state index contributed by atoms with van der Waals surface area (Å²) in [6, 6.07) is 9.42. The molecule has 202 valence electrons. The minimum atomic E-state index is -0.222. The lowest BCUT2D eigenvalue weighted by atomic mass is 9.92. The highest BCUT2D eigenvalue weighted by atomic mass is 16.5. The van der Waals surface area contributed by atoms with E-state index in [1.807, 2.05) is 37.5 Å². The fraction of sp³-hybridized carbons (Fsp3) is 0.393. The Morgan fingerprint density at radius 2 is 2.00 bits per heavy atom. The minimum absolute atomic E-state index is 0.00337. The first kappa shape index (κ1) is 27.2. The summed E-state index contributed by atoms with van der Waals surface area (Å²) >= 11 is 0. The molecule has 0 saturated carbocycles. The molecule has 0 fully saturated rings. The lowest BCUT2D eigenvalue weighted by Crippen LogP contribution is -2.43. The number of pyridine rings is 1. The topological polar surface area (TPSA) is 126 Å². The Morgan fingerprint density at radius 1 is 1.24 bits per heavy atom. The van der Waals surface area contributed by atoms with E-state index in [0.717, 1.165) is 28.4 Å². The van der Waals surface area contributed by atoms with Crippen LogP contribution >= 0.6 is 0 Å². The fourth-order valence-corrected chi connectivity index (χ4v) is 4.75. The number of aliphatic hydroxyl groups is 1. The van der Waals surface area contributed by atoms with Crippen molar-refractivity contribution in [1.82, 2.24) is 15.2 Å². The van der Waals surface area contributed by atoms with Gasteiger partial charge in [0.1, 0.15) is 17.2 Å². The molecule has 4 rings (SSSR count). The number of nitrogens with zero attached hydrogens (tertiary/aromatic N) is 4. The normalized spacial score (nSPS) is 16.6. The summed E-state index contributed by atoms with van der Waals surface area (Å²) in [4.78, 5) is 25.9. The van der Waals surface area contributed by atoms with E-state index in [4.69, 9.17) is 20.2 Å². The van der Waals surface area contributed by atoms with E-state index in [-0.39, 0.29) is 18.6 Å². The van der Waals surface area contributed by atoms with E-state index in [9.17, 15) is 9.90 Å². The maximum Gasteiger partial charge on any atom is 0.269 e. The van der Waals surface area contributed by atoms with Crippen molar-refractivity contribution in [3.8, 4) is 11.5 Å². The van der Waals surface area contributed by atoms with Crippen molar-refractivity contribution in [2.75, 3.05) is 52.4 Å². The van der Waals surface area contributed by atoms with E-state index in [0.29, 0.717) is 56.1 Å². The monoisotopic (exact) mass is 520 g/mol. The van der Waals surface area contributed by atoms with Gasteiger partial charge in [0.15, 0.2) is 0 Å². The number of allylic oxidation sites excluding steroid dienone is 1. The number of aliphatic imine (C=N–C) groups is 1. The van der Waals surface area contributed by atoms with Crippen molar-refractivity contribution in [2.45, 2.75) is 25.3 Å². The molecule has 0 radical (unpaired) electrons. The predicted molar refractivity (Wildman–Crippen MR) is 148 cm³/mol. The van der Waals surface area contributed by atoms with Gasteiger partial charge in [-0.3, -0.25) is 14.8 Å². The lowest BCUT2D eigenvalue weighted by Gasteiger charge is -2.40. The molecular formula is C28H36N6O4. The smallest absolute Gasteiger partial charge is 0.269 e. The first-order valence-electron chi connectivity index (χ1n) is 12.7. The van der Waals surface area contributed by atoms with Gasteiger partial charge in [0.25, 0.3) is 5.91 Å². The van der Waals surface area contributed by atoms with Gasteiger partial charge in [-0.05, 0) is 25.1 Å². The van der Waals surface area contributed by atoms with Gasteiger partial charge in [-0.2, -0.15) is 0 Å². The highest BCUT2D eigenvalue weighted by molar-refractivity contribution is 5.97. The Balaban J connectivity index is 1.56. The molecule has 1 aliphatic carbocycles. The Morgan fingerprint density at radius 3 is 2.68 bits per heavy atom. The van der Waals surface area contributed by atoms with E-state index >= 15 is 0 Å². The predicted octanol–water partition coefficient (Wildman–Crippen LogP) is 2.41. The van der Waals surface area contributed by atoms with Crippen LogP contribution in [0.15, 0.2) is 59.5 Å². The summed E-state index contributed by atoms with van der Waals surface area (Å²) in [5, 5.41) is 12.7. The van der Waals surface area contributed by atoms with Crippen molar-refractivity contribution in [3.63, 3.8) is 0 Å². The third-order valence-corrected chi connectivity index (χ3v) is 6.81. The van der Waals surface area contributed by atoms with E-state index in [1.165, 1.54) is 0 Å². The molecular weight excluding hydrogens is 484 g/mol. The summed E-state index contributed by atoms with van der Waals surface area (Å²) in [5.74, 6) is 1.14. The minimum Gasteiger partial charge on any atom is -0.497 e. The summed E-state index contributed by atoms with van der Waals surface area (Å²) < 4.78 is 10.9. The van der Waals surface area contributed by atoms with Gasteiger partial charge in [0.05, 0.1) is 38.8 Å². The Labute approximate surface area is 223 Å². The van der Waals surface area contributed by atoms with Crippen LogP contribution in [-0.4, -0.2) is 80.2 Å². The molecule has 4 N–H and O–H groups in total. The average molecular weight is 521 g/mol. The number of amides is 1. The molecule has 10 heteroatoms. The quantitative estimate of drug-likeness (QED) is 0.386. The second-order valence-electron chi connectivity index (χ2n) is 9.14. The van der Waals surface area contributed by atoms with Crippen LogP contribution in [0.2, 0.25) is 0 Å². The maximum atomic E-state index is 12.5. The molecule has 1 aromatic heterocycles. The van der Waals surface area contributed by atoms with E-state index in [1.54, 1.807) is 26.5 Å². The number of aromatic nitrogens is 1. The number of benzene rings is 1. The number of hydrogen-bond acceptors (Lipinski definition) is 9. The van der Waals surface area contributed by atoms with Crippen molar-refractivity contribution in [1.29, 1.82) is 0 Å². The highest BCUT2D eigenvalue weighted by Crippen LogP contribution is 2.36. The number of carbonyl (C=O) groups excluding carboxylic acids is 1. The average Bonchev–Trinajstić information content (AvgIpc) is 2.95. The zero-order chi connectivity index (χ0) is 27.1. The Bertz CT molecular complexity index is 1220. The number of nitrogens with one attached hydrogen (secondary N) is 1. The van der Waals surface area contributed by atoms with Crippen LogP contribution in [0.3, 0.4) is 0 Å². The number of hydrogen-bond donors (Lipinski definition) is 3. The van der Waals surface area contributed by atoms with Crippen LogP contribution in [0.25, 0.3) is 5.70 Å². The molecule has 0 spiro atoms. The number of fused-ring (bicyclic) bond motifs is 1. The summed E-state index contributed by atoms with van der Waals surface area (Å²) in [6.45, 7) is 1.46. The number of rotatable bonds is 11. The standard InChI is InChI=1S/C28H36N6O4/c1-33-26-16-20(34(11-12-35)21-14-22(37-2)17-23(15-21)38-3)5-6-24(26)32-18-27(33)19-7-10-30-25(13-19)28(36)31-9-4-8-29/h5,7,10,13-15,17-18,26,35H,4,6,8-9,11-12,16,29H2,1-3H3,(H,31,36). The SMILES string of the molecule is COc1cc(OC)cc(N(CCO)C2=CCC3=NC=C(c4ccnc(C(=O)NCCCN)c4)N(C)C3C2)c1. The Kier molecular flexibility index (Phi) is 8.98. The number of ether oxygens (including phenoxy) is 2. The third kappa shape index (κ3) is 5.98. The van der Waals surface area contributed by atoms with Gasteiger partial charge in [0.2, 0.25) is 0 Å². The summed E-state index contributed by atoms with van der Waals surface area (Å²) in [5.41, 5.74) is 10.7. The summed E-state index contributed by atoms with van der Waals surface area (Å²) in [6.07, 6.45) is 7.77. The molecule has 0 bridgehead atoms. The molecule has 38 heavy (non-hydrogen) atoms. The third-order valence-electron chi connectivity index (χ3n) is 6.81. The van der Waals surface area contributed by atoms with Crippen molar-refractivity contribution in [3.05, 3.63) is 65.8 Å². The van der Waals surface area contributed by atoms with Crippen LogP contribution in [0, 0.1) is 0 Å². The number of carbonyl (C=O) groups is 1. The van der Waals surface area contributed by atoms with Gasteiger partial charge < -0.3 is 35.4 Å². The zero-order valence-electron chi connectivity index (χ0n) is 22.2. The van der Waals surface area contributed by atoms with E-state index in [2.05, 4.69) is 26.2 Å². The first-order valence-corrected chi connectivity index (χ1v) is 12.7. The van der Waals surface area contributed by atoms with Crippen LogP contribution in [0.5, 0.6) is 11.5 Å². The molecule has 10 nitrogen and oxygen atoms in total. The number of aliphatic hydroxyl groups excluding tert-OH is 1. The number of anilines is 1. The van der Waals surface area contributed by atoms with Gasteiger partial charge in [0, 0.05) is 80.0 Å². The van der Waals surface area contributed by atoms with Crippen LogP contribution in [0.4, 0.5) is 5.69 Å². The fourth-order valence-electron chi connectivity index (χ4n) is 4.75. The highest BCUT2D eigenvalue weighted by Gasteiger charge is 2.32. The Hall–Kier alpha value is -3.89. The molecule has 1 unspecified atom stereocenters. The van der Waals surface area contributed by atoms with Gasteiger partial charge >= 0.3 is 0 Å². The molecule has 1 atom stereocenters. The molecule has 2 aliphatic rings. The molecule has 1 aromatic carbocycles. The number of nitrogens with two attached hydrogens (primary N) is 1. The van der Waals surface area contributed by atoms with Crippen LogP contribution in [-0.2, 0) is 0 Å². The maximum absolute atomic E-state index is 12.5. The van der Waals surface area contributed by atoms with Gasteiger partial charge in [-0.25, -0.2) is 0 Å². The number of methoxy groups -OCH3 is 2. The van der Waals surface area contributed by atoms with Crippen molar-refractivity contribution >= 4 is 23.0 Å². The summed E-state index contributed by atoms with van der Waals surface area (Å²) in [7, 11) is 5.29. The van der Waals surface area contributed by atoms with Crippen LogP contribution < -0.4 is 25.4 Å². The van der Waals surface area contributed by atoms with Gasteiger partial charge in [-0.15, -0.1) is 0 Å². The van der Waals surface area contributed by atoms with E-state index < -0.39 is 0 Å². The second kappa shape index (κ2) is 12.6.